The number of nitrogens with one attached hydrogen (secondary N) is 1. The molecule has 26 heavy (non-hydrogen) atoms. The van der Waals surface area contributed by atoms with Gasteiger partial charge in [0.2, 0.25) is 10.0 Å². The van der Waals surface area contributed by atoms with E-state index in [9.17, 15) is 17.6 Å². The number of hydrogen-bond donors (Lipinski definition) is 1. The number of ether oxygens (including phenoxy) is 1. The van der Waals surface area contributed by atoms with Crippen molar-refractivity contribution in [1.29, 1.82) is 0 Å². The molecule has 2 aliphatic rings. The molecule has 2 aromatic carbocycles. The van der Waals surface area contributed by atoms with Crippen LogP contribution >= 0.6 is 0 Å². The van der Waals surface area contributed by atoms with Crippen molar-refractivity contribution in [2.24, 2.45) is 0 Å². The number of nitrogens with zero attached hydrogens (tertiary/aromatic N) is 1. The fraction of sp³-hybridized carbons (Fsp3) is 0.278. The first-order chi connectivity index (χ1) is 12.4. The molecule has 4 rings (SSSR count). The normalized spacial score (nSPS) is 20.5. The summed E-state index contributed by atoms with van der Waals surface area (Å²) in [6.45, 7) is 0.704. The van der Waals surface area contributed by atoms with Crippen LogP contribution < -0.4 is 14.4 Å². The summed E-state index contributed by atoms with van der Waals surface area (Å²) in [6.07, 6.45) is 0.603. The first-order valence-corrected chi connectivity index (χ1v) is 9.88. The van der Waals surface area contributed by atoms with Gasteiger partial charge in [0.25, 0.3) is 5.91 Å². The van der Waals surface area contributed by atoms with Crippen LogP contribution in [0.4, 0.5) is 10.1 Å². The van der Waals surface area contributed by atoms with E-state index in [2.05, 4.69) is 5.32 Å². The number of carbonyl (C=O) groups is 1. The second kappa shape index (κ2) is 6.28. The summed E-state index contributed by atoms with van der Waals surface area (Å²) < 4.78 is 43.9. The van der Waals surface area contributed by atoms with E-state index >= 15 is 0 Å². The van der Waals surface area contributed by atoms with Gasteiger partial charge in [-0.2, -0.15) is 0 Å². The summed E-state index contributed by atoms with van der Waals surface area (Å²) in [7, 11) is -3.24. The molecule has 1 unspecified atom stereocenters. The molecule has 6 nitrogen and oxygen atoms in total. The Kier molecular flexibility index (Phi) is 4.07. The quantitative estimate of drug-likeness (QED) is 0.891. The minimum atomic E-state index is -3.24. The topological polar surface area (TPSA) is 75.7 Å². The Bertz CT molecular complexity index is 960. The van der Waals surface area contributed by atoms with Crippen molar-refractivity contribution in [3.8, 4) is 5.75 Å². The van der Waals surface area contributed by atoms with Crippen molar-refractivity contribution in [3.05, 3.63) is 59.4 Å². The molecule has 0 radical (unpaired) electrons. The third-order valence-electron chi connectivity index (χ3n) is 4.58. The van der Waals surface area contributed by atoms with Gasteiger partial charge in [0, 0.05) is 23.7 Å². The number of hydrogen-bond acceptors (Lipinski definition) is 4. The Hall–Kier alpha value is -2.61. The highest BCUT2D eigenvalue weighted by Crippen LogP contribution is 2.33. The van der Waals surface area contributed by atoms with Crippen LogP contribution in [0.1, 0.15) is 28.4 Å². The predicted octanol–water partition coefficient (Wildman–Crippen LogP) is 2.23. The molecular formula is C18H17FN2O4S. The van der Waals surface area contributed by atoms with Gasteiger partial charge in [-0.1, -0.05) is 6.07 Å². The maximum Gasteiger partial charge on any atom is 0.251 e. The Balaban J connectivity index is 1.48. The summed E-state index contributed by atoms with van der Waals surface area (Å²) in [6, 6.07) is 10.3. The molecule has 1 N–H and O–H groups in total. The van der Waals surface area contributed by atoms with Crippen LogP contribution in [0.25, 0.3) is 0 Å². The lowest BCUT2D eigenvalue weighted by Crippen LogP contribution is -2.29. The van der Waals surface area contributed by atoms with Crippen LogP contribution in [0, 0.1) is 5.82 Å². The summed E-state index contributed by atoms with van der Waals surface area (Å²) in [5, 5.41) is 2.86. The standard InChI is InChI=1S/C18H17FN2O4S/c19-13-4-7-15-16(11-25-17(15)10-13)20-18(22)12-2-5-14(6-3-12)21-8-1-9-26(21,23)24/h2-7,10,16H,1,8-9,11H2,(H,20,22). The van der Waals surface area contributed by atoms with Gasteiger partial charge in [-0.3, -0.25) is 9.10 Å². The maximum absolute atomic E-state index is 13.2. The molecule has 2 aliphatic heterocycles. The van der Waals surface area contributed by atoms with Gasteiger partial charge in [-0.05, 0) is 36.8 Å². The fourth-order valence-corrected chi connectivity index (χ4v) is 4.82. The number of benzene rings is 2. The lowest BCUT2D eigenvalue weighted by molar-refractivity contribution is 0.0930. The Morgan fingerprint density at radius 1 is 1.19 bits per heavy atom. The number of anilines is 1. The van der Waals surface area contributed by atoms with Crippen molar-refractivity contribution >= 4 is 21.6 Å². The first-order valence-electron chi connectivity index (χ1n) is 8.28. The lowest BCUT2D eigenvalue weighted by Gasteiger charge is -2.17. The van der Waals surface area contributed by atoms with E-state index in [1.165, 1.54) is 16.4 Å². The van der Waals surface area contributed by atoms with E-state index in [0.717, 1.165) is 5.56 Å². The average Bonchev–Trinajstić information content (AvgIpc) is 3.17. The summed E-state index contributed by atoms with van der Waals surface area (Å²) in [5.41, 5.74) is 1.71. The van der Waals surface area contributed by atoms with Crippen molar-refractivity contribution in [1.82, 2.24) is 5.32 Å². The third-order valence-corrected chi connectivity index (χ3v) is 6.45. The van der Waals surface area contributed by atoms with E-state index in [4.69, 9.17) is 4.74 Å². The van der Waals surface area contributed by atoms with Crippen molar-refractivity contribution in [2.45, 2.75) is 12.5 Å². The van der Waals surface area contributed by atoms with E-state index in [1.54, 1.807) is 30.3 Å². The van der Waals surface area contributed by atoms with E-state index < -0.39 is 10.0 Å². The van der Waals surface area contributed by atoms with Gasteiger partial charge >= 0.3 is 0 Å². The zero-order valence-electron chi connectivity index (χ0n) is 13.8. The van der Waals surface area contributed by atoms with Crippen molar-refractivity contribution < 1.29 is 22.3 Å². The minimum absolute atomic E-state index is 0.150. The molecule has 1 fully saturated rings. The Labute approximate surface area is 150 Å². The molecule has 2 heterocycles. The summed E-state index contributed by atoms with van der Waals surface area (Å²) >= 11 is 0. The maximum atomic E-state index is 13.2. The van der Waals surface area contributed by atoms with Crippen LogP contribution in [0.5, 0.6) is 5.75 Å². The molecule has 136 valence electrons. The zero-order valence-corrected chi connectivity index (χ0v) is 14.6. The van der Waals surface area contributed by atoms with E-state index in [1.807, 2.05) is 0 Å². The van der Waals surface area contributed by atoms with Gasteiger partial charge in [-0.15, -0.1) is 0 Å². The second-order valence-corrected chi connectivity index (χ2v) is 8.32. The molecule has 2 aromatic rings. The summed E-state index contributed by atoms with van der Waals surface area (Å²) in [5.74, 6) is -0.101. The van der Waals surface area contributed by atoms with Gasteiger partial charge in [0.1, 0.15) is 18.2 Å². The molecule has 1 amide bonds. The van der Waals surface area contributed by atoms with Crippen LogP contribution in [0.3, 0.4) is 0 Å². The smallest absolute Gasteiger partial charge is 0.251 e. The lowest BCUT2D eigenvalue weighted by atomic mass is 10.1. The second-order valence-electron chi connectivity index (χ2n) is 6.31. The fourth-order valence-electron chi connectivity index (χ4n) is 3.25. The van der Waals surface area contributed by atoms with Crippen molar-refractivity contribution in [3.63, 3.8) is 0 Å². The largest absolute Gasteiger partial charge is 0.491 e. The molecule has 1 atom stereocenters. The number of halogens is 1. The molecule has 1 saturated heterocycles. The highest BCUT2D eigenvalue weighted by Gasteiger charge is 2.29. The van der Waals surface area contributed by atoms with Gasteiger partial charge < -0.3 is 10.1 Å². The van der Waals surface area contributed by atoms with Crippen LogP contribution in [0.2, 0.25) is 0 Å². The molecule has 8 heteroatoms. The number of amides is 1. The van der Waals surface area contributed by atoms with Crippen molar-refractivity contribution in [2.75, 3.05) is 23.2 Å². The molecule has 0 spiro atoms. The zero-order chi connectivity index (χ0) is 18.3. The monoisotopic (exact) mass is 376 g/mol. The van der Waals surface area contributed by atoms with Crippen LogP contribution in [-0.4, -0.2) is 33.2 Å². The predicted molar refractivity (Wildman–Crippen MR) is 94.3 cm³/mol. The molecule has 0 bridgehead atoms. The Morgan fingerprint density at radius 2 is 1.96 bits per heavy atom. The van der Waals surface area contributed by atoms with E-state index in [-0.39, 0.29) is 30.1 Å². The molecule has 0 saturated carbocycles. The van der Waals surface area contributed by atoms with Crippen LogP contribution in [0.15, 0.2) is 42.5 Å². The SMILES string of the molecule is O=C(NC1COc2cc(F)ccc21)c1ccc(N2CCCS2(=O)=O)cc1. The number of fused-ring (bicyclic) bond motifs is 1. The highest BCUT2D eigenvalue weighted by atomic mass is 32.2. The molecular weight excluding hydrogens is 359 g/mol. The van der Waals surface area contributed by atoms with Gasteiger partial charge in [0.05, 0.1) is 17.5 Å². The first kappa shape index (κ1) is 16.8. The number of carbonyl (C=O) groups excluding carboxylic acids is 1. The van der Waals surface area contributed by atoms with Crippen LogP contribution in [-0.2, 0) is 10.0 Å². The van der Waals surface area contributed by atoms with Gasteiger partial charge in [-0.25, -0.2) is 12.8 Å². The molecule has 0 aliphatic carbocycles. The molecule has 0 aromatic heterocycles. The highest BCUT2D eigenvalue weighted by molar-refractivity contribution is 7.93. The number of sulfonamides is 1. The third kappa shape index (κ3) is 3.01. The summed E-state index contributed by atoms with van der Waals surface area (Å²) in [4.78, 5) is 12.5. The minimum Gasteiger partial charge on any atom is -0.491 e. The average molecular weight is 376 g/mol. The van der Waals surface area contributed by atoms with E-state index in [0.29, 0.717) is 30.0 Å². The van der Waals surface area contributed by atoms with Gasteiger partial charge in [0.15, 0.2) is 0 Å². The Morgan fingerprint density at radius 3 is 2.65 bits per heavy atom. The number of rotatable bonds is 3.